The van der Waals surface area contributed by atoms with E-state index in [2.05, 4.69) is 47.5 Å². The number of rotatable bonds is 39. The van der Waals surface area contributed by atoms with E-state index in [-0.39, 0.29) is 93.6 Å². The number of carbonyl (C=O) groups is 11. The van der Waals surface area contributed by atoms with Gasteiger partial charge in [0.05, 0.1) is 18.9 Å². The Morgan fingerprint density at radius 3 is 1.06 bits per heavy atom. The standard InChI is InChI=1S/C50H92N14O13/c1-25(2)18-30(52)41(68)59-33(19-26(3)4)44(71)61-35(21-28(7)8)46(73)63-37(24-40(66)67)48(75)58-32(15-13-17-56-50(54)55)42(69)60-34(20-27(5)6)45(72)62-36(23-39(53)65)47(74)57-31(14-11-12-16-51)43(70)64-38(49(76)77)22-29(9)10/h25-38H,11-24,51-52H2,1-10H3,(H2,53,65)(H,57,74)(H,58,75)(H,59,68)(H,60,69)(H,61,71)(H,62,72)(H,63,73)(H,64,70)(H,66,67)(H,76,77)(H4,54,55,56)/t30-,31-,32-,33-,34-,35-,36-,37-,38-/m0/s1. The average Bonchev–Trinajstić information content (AvgIpc) is 3.29. The molecule has 0 aromatic carbocycles. The van der Waals surface area contributed by atoms with Gasteiger partial charge in [-0.1, -0.05) is 69.2 Å². The quantitative estimate of drug-likeness (QED) is 0.0181. The van der Waals surface area contributed by atoms with Crippen molar-refractivity contribution < 1.29 is 63.0 Å². The third-order valence-corrected chi connectivity index (χ3v) is 11.6. The molecule has 20 N–H and O–H groups in total. The van der Waals surface area contributed by atoms with E-state index in [1.165, 1.54) is 0 Å². The summed E-state index contributed by atoms with van der Waals surface area (Å²) in [4.78, 5) is 151. The van der Waals surface area contributed by atoms with Gasteiger partial charge in [-0.2, -0.15) is 0 Å². The van der Waals surface area contributed by atoms with E-state index in [4.69, 9.17) is 28.7 Å². The summed E-state index contributed by atoms with van der Waals surface area (Å²) in [7, 11) is 0. The van der Waals surface area contributed by atoms with E-state index in [1.807, 2.05) is 27.7 Å². The number of aliphatic imine (C=N–C) groups is 1. The second kappa shape index (κ2) is 36.4. The van der Waals surface area contributed by atoms with Crippen LogP contribution in [0.1, 0.15) is 146 Å². The number of carbonyl (C=O) groups excluding carboxylic acids is 9. The summed E-state index contributed by atoms with van der Waals surface area (Å²) in [5, 5.41) is 39.7. The fourth-order valence-electron chi connectivity index (χ4n) is 7.93. The minimum atomic E-state index is -1.84. The number of hydrogen-bond donors (Lipinski definition) is 15. The van der Waals surface area contributed by atoms with Gasteiger partial charge >= 0.3 is 11.9 Å². The highest BCUT2D eigenvalue weighted by atomic mass is 16.4. The van der Waals surface area contributed by atoms with Gasteiger partial charge in [-0.05, 0) is 100 Å². The number of nitrogens with two attached hydrogens (primary N) is 5. The van der Waals surface area contributed by atoms with E-state index in [0.717, 1.165) is 0 Å². The van der Waals surface area contributed by atoms with Crippen LogP contribution in [0.15, 0.2) is 4.99 Å². The third kappa shape index (κ3) is 30.6. The molecule has 0 aliphatic rings. The Balaban J connectivity index is 6.93. The zero-order chi connectivity index (χ0) is 59.3. The highest BCUT2D eigenvalue weighted by Gasteiger charge is 2.36. The molecule has 0 radical (unpaired) electrons. The lowest BCUT2D eigenvalue weighted by Crippen LogP contribution is -2.61. The van der Waals surface area contributed by atoms with Crippen molar-refractivity contribution in [2.24, 2.45) is 63.3 Å². The Morgan fingerprint density at radius 2 is 0.714 bits per heavy atom. The van der Waals surface area contributed by atoms with Crippen molar-refractivity contribution >= 4 is 71.1 Å². The highest BCUT2D eigenvalue weighted by Crippen LogP contribution is 2.14. The minimum Gasteiger partial charge on any atom is -0.481 e. The van der Waals surface area contributed by atoms with Crippen LogP contribution in [0.5, 0.6) is 0 Å². The molecule has 0 saturated carbocycles. The van der Waals surface area contributed by atoms with Crippen molar-refractivity contribution in [3.63, 3.8) is 0 Å². The summed E-state index contributed by atoms with van der Waals surface area (Å²) in [6.45, 7) is 18.1. The molecule has 0 rings (SSSR count). The van der Waals surface area contributed by atoms with Crippen molar-refractivity contribution in [1.82, 2.24) is 42.5 Å². The fourth-order valence-corrected chi connectivity index (χ4v) is 7.93. The van der Waals surface area contributed by atoms with Crippen molar-refractivity contribution in [2.75, 3.05) is 13.1 Å². The van der Waals surface area contributed by atoms with Crippen molar-refractivity contribution in [3.8, 4) is 0 Å². The van der Waals surface area contributed by atoms with Crippen LogP contribution in [0, 0.1) is 29.6 Å². The normalized spacial score (nSPS) is 14.9. The predicted molar refractivity (Wildman–Crippen MR) is 287 cm³/mol. The van der Waals surface area contributed by atoms with Crippen LogP contribution >= 0.6 is 0 Å². The number of hydrogen-bond acceptors (Lipinski definition) is 14. The Hall–Kier alpha value is -6.64. The van der Waals surface area contributed by atoms with Gasteiger partial charge in [0.1, 0.15) is 48.3 Å². The van der Waals surface area contributed by atoms with Gasteiger partial charge in [-0.15, -0.1) is 0 Å². The topological polar surface area (TPSA) is 467 Å². The molecule has 0 aliphatic carbocycles. The largest absolute Gasteiger partial charge is 0.481 e. The number of carboxylic acids is 2. The van der Waals surface area contributed by atoms with Crippen molar-refractivity contribution in [1.29, 1.82) is 0 Å². The van der Waals surface area contributed by atoms with Gasteiger partial charge in [0, 0.05) is 6.54 Å². The van der Waals surface area contributed by atoms with Gasteiger partial charge in [-0.3, -0.25) is 52.9 Å². The molecule has 77 heavy (non-hydrogen) atoms. The first-order chi connectivity index (χ1) is 35.8. The number of carboxylic acid groups (broad SMARTS) is 2. The summed E-state index contributed by atoms with van der Waals surface area (Å²) in [6, 6.07) is -12.6. The number of unbranched alkanes of at least 4 members (excludes halogenated alkanes) is 1. The van der Waals surface area contributed by atoms with Crippen LogP contribution in [-0.2, 0) is 52.7 Å². The average molecular weight is 1100 g/mol. The zero-order valence-corrected chi connectivity index (χ0v) is 46.7. The van der Waals surface area contributed by atoms with Gasteiger partial charge in [-0.25, -0.2) is 4.79 Å². The maximum Gasteiger partial charge on any atom is 0.326 e. The molecule has 0 spiro atoms. The number of amides is 9. The first kappa shape index (κ1) is 70.4. The van der Waals surface area contributed by atoms with E-state index in [0.29, 0.717) is 19.3 Å². The molecule has 0 aliphatic heterocycles. The Labute approximate surface area is 452 Å². The Morgan fingerprint density at radius 1 is 0.403 bits per heavy atom. The second-order valence-corrected chi connectivity index (χ2v) is 21.6. The number of primary amides is 1. The Bertz CT molecular complexity index is 2000. The summed E-state index contributed by atoms with van der Waals surface area (Å²) >= 11 is 0. The molecule has 9 amide bonds. The molecule has 27 heteroatoms. The lowest BCUT2D eigenvalue weighted by Gasteiger charge is -2.28. The summed E-state index contributed by atoms with van der Waals surface area (Å²) < 4.78 is 0. The van der Waals surface area contributed by atoms with Crippen LogP contribution in [-0.4, -0.2) is 149 Å². The maximum absolute atomic E-state index is 14.2. The summed E-state index contributed by atoms with van der Waals surface area (Å²) in [6.07, 6.45) is -0.639. The monoisotopic (exact) mass is 1100 g/mol. The number of nitrogens with one attached hydrogen (secondary N) is 8. The molecule has 0 bridgehead atoms. The van der Waals surface area contributed by atoms with E-state index in [1.54, 1.807) is 41.5 Å². The highest BCUT2D eigenvalue weighted by molar-refractivity contribution is 5.99. The molecule has 0 saturated heterocycles. The first-order valence-corrected chi connectivity index (χ1v) is 26.4. The van der Waals surface area contributed by atoms with Crippen LogP contribution < -0.4 is 71.2 Å². The molecule has 27 nitrogen and oxygen atoms in total. The SMILES string of the molecule is CC(C)C[C@H](NC(=O)[C@H](CCCCN)NC(=O)[C@H](CC(N)=O)NC(=O)[C@H](CC(C)C)NC(=O)[C@H](CCCN=C(N)N)NC(=O)[C@H](CC(=O)O)NC(=O)[C@H](CC(C)C)NC(=O)[C@H](CC(C)C)NC(=O)[C@@H](N)CC(C)C)C(=O)O. The zero-order valence-electron chi connectivity index (χ0n) is 46.7. The summed E-state index contributed by atoms with van der Waals surface area (Å²) in [5.41, 5.74) is 28.2. The lowest BCUT2D eigenvalue weighted by molar-refractivity contribution is -0.143. The van der Waals surface area contributed by atoms with E-state index >= 15 is 0 Å². The number of aliphatic carboxylic acids is 2. The Kier molecular flexibility index (Phi) is 33.3. The summed E-state index contributed by atoms with van der Waals surface area (Å²) in [5.74, 6) is -12.1. The number of nitrogens with zero attached hydrogens (tertiary/aromatic N) is 1. The molecule has 0 fully saturated rings. The van der Waals surface area contributed by atoms with Crippen LogP contribution in [0.25, 0.3) is 0 Å². The molecule has 0 unspecified atom stereocenters. The van der Waals surface area contributed by atoms with Gasteiger partial charge in [0.15, 0.2) is 5.96 Å². The third-order valence-electron chi connectivity index (χ3n) is 11.6. The molecule has 440 valence electrons. The van der Waals surface area contributed by atoms with E-state index < -0.39 is 132 Å². The van der Waals surface area contributed by atoms with Crippen LogP contribution in [0.4, 0.5) is 0 Å². The molecular weight excluding hydrogens is 1000 g/mol. The fraction of sp³-hybridized carbons (Fsp3) is 0.760. The van der Waals surface area contributed by atoms with Gasteiger partial charge < -0.3 is 81.4 Å². The molecular formula is C50H92N14O13. The van der Waals surface area contributed by atoms with Gasteiger partial charge in [0.25, 0.3) is 0 Å². The molecule has 0 aromatic heterocycles. The van der Waals surface area contributed by atoms with Crippen molar-refractivity contribution in [3.05, 3.63) is 0 Å². The number of guanidine groups is 1. The molecule has 0 aromatic rings. The lowest BCUT2D eigenvalue weighted by atomic mass is 9.98. The smallest absolute Gasteiger partial charge is 0.326 e. The van der Waals surface area contributed by atoms with Crippen molar-refractivity contribution in [2.45, 2.75) is 201 Å². The van der Waals surface area contributed by atoms with Gasteiger partial charge in [0.2, 0.25) is 53.2 Å². The molecule has 9 atom stereocenters. The predicted octanol–water partition coefficient (Wildman–Crippen LogP) is -1.96. The maximum atomic E-state index is 14.2. The van der Waals surface area contributed by atoms with Crippen LogP contribution in [0.3, 0.4) is 0 Å². The molecule has 0 heterocycles. The first-order valence-electron chi connectivity index (χ1n) is 26.4. The van der Waals surface area contributed by atoms with Crippen LogP contribution in [0.2, 0.25) is 0 Å². The minimum absolute atomic E-state index is 0.00289. The second-order valence-electron chi connectivity index (χ2n) is 21.6. The van der Waals surface area contributed by atoms with E-state index in [9.17, 15) is 63.0 Å².